The molecule has 1 aromatic rings. The lowest BCUT2D eigenvalue weighted by molar-refractivity contribution is -0.155. The molecule has 2 atom stereocenters. The van der Waals surface area contributed by atoms with Gasteiger partial charge in [-0.2, -0.15) is 13.1 Å². The Labute approximate surface area is 166 Å². The maximum Gasteiger partial charge on any atom is 0.336 e. The van der Waals surface area contributed by atoms with Gasteiger partial charge in [-0.15, -0.1) is 0 Å². The number of benzene rings is 1. The minimum atomic E-state index is -4.17. The van der Waals surface area contributed by atoms with Crippen LogP contribution in [0, 0.1) is 11.3 Å². The van der Waals surface area contributed by atoms with Crippen LogP contribution in [0.15, 0.2) is 30.3 Å². The summed E-state index contributed by atoms with van der Waals surface area (Å²) in [5.41, 5.74) is -0.297. The maximum absolute atomic E-state index is 12.2. The molecule has 9 heteroatoms. The number of hydrogen-bond acceptors (Lipinski definition) is 7. The normalized spacial score (nSPS) is 14.2. The van der Waals surface area contributed by atoms with Gasteiger partial charge in [-0.3, -0.25) is 13.8 Å². The molecule has 1 N–H and O–H groups in total. The topological polar surface area (TPSA) is 108 Å². The first-order chi connectivity index (χ1) is 13.0. The summed E-state index contributed by atoms with van der Waals surface area (Å²) in [5, 5.41) is 0. The van der Waals surface area contributed by atoms with Gasteiger partial charge < -0.3 is 9.47 Å². The number of ether oxygens (including phenoxy) is 2. The Kier molecular flexibility index (Phi) is 9.06. The summed E-state index contributed by atoms with van der Waals surface area (Å²) in [7, 11) is -4.17. The molecule has 0 saturated heterocycles. The Bertz CT molecular complexity index is 747. The predicted molar refractivity (Wildman–Crippen MR) is 103 cm³/mol. The van der Waals surface area contributed by atoms with Crippen molar-refractivity contribution in [3.05, 3.63) is 35.9 Å². The average molecular weight is 416 g/mol. The third-order valence-electron chi connectivity index (χ3n) is 4.08. The van der Waals surface area contributed by atoms with Crippen molar-refractivity contribution in [2.24, 2.45) is 11.3 Å². The number of esters is 2. The lowest BCUT2D eigenvalue weighted by Gasteiger charge is -2.23. The molecule has 0 aromatic heterocycles. The number of rotatable bonds is 11. The molecule has 0 bridgehead atoms. The van der Waals surface area contributed by atoms with Gasteiger partial charge in [0.15, 0.2) is 0 Å². The molecule has 0 aliphatic heterocycles. The smallest absolute Gasteiger partial charge is 0.336 e. The minimum Gasteiger partial charge on any atom is -0.466 e. The molecule has 0 amide bonds. The molecule has 8 nitrogen and oxygen atoms in total. The van der Waals surface area contributed by atoms with Crippen molar-refractivity contribution in [3.8, 4) is 0 Å². The zero-order valence-electron chi connectivity index (χ0n) is 16.9. The highest BCUT2D eigenvalue weighted by atomic mass is 32.2. The SMILES string of the molecule is CCOC(=O)C(C)(C)COS(=O)(=O)N[C@@H](C)[C@H](C)C(=O)OCc1ccccc1. The van der Waals surface area contributed by atoms with Gasteiger partial charge in [0.25, 0.3) is 0 Å². The molecule has 0 radical (unpaired) electrons. The van der Waals surface area contributed by atoms with E-state index in [0.717, 1.165) is 5.56 Å². The molecule has 1 rings (SSSR count). The first-order valence-electron chi connectivity index (χ1n) is 9.03. The second kappa shape index (κ2) is 10.5. The quantitative estimate of drug-likeness (QED) is 0.552. The Hall–Kier alpha value is -1.97. The second-order valence-electron chi connectivity index (χ2n) is 7.11. The third kappa shape index (κ3) is 7.95. The summed E-state index contributed by atoms with van der Waals surface area (Å²) < 4.78 is 41.6. The number of hydrogen-bond donors (Lipinski definition) is 1. The van der Waals surface area contributed by atoms with Gasteiger partial charge in [0.1, 0.15) is 6.61 Å². The molecule has 28 heavy (non-hydrogen) atoms. The summed E-state index contributed by atoms with van der Waals surface area (Å²) in [6.07, 6.45) is 0. The Balaban J connectivity index is 2.55. The predicted octanol–water partition coefficient (Wildman–Crippen LogP) is 2.19. The Morgan fingerprint density at radius 1 is 1.11 bits per heavy atom. The van der Waals surface area contributed by atoms with Gasteiger partial charge in [0.2, 0.25) is 0 Å². The van der Waals surface area contributed by atoms with Crippen LogP contribution in [0.25, 0.3) is 0 Å². The largest absolute Gasteiger partial charge is 0.466 e. The van der Waals surface area contributed by atoms with E-state index >= 15 is 0 Å². The van der Waals surface area contributed by atoms with Crippen molar-refractivity contribution >= 4 is 22.2 Å². The zero-order chi connectivity index (χ0) is 21.4. The Morgan fingerprint density at radius 3 is 2.29 bits per heavy atom. The highest BCUT2D eigenvalue weighted by Gasteiger charge is 2.33. The fourth-order valence-corrected chi connectivity index (χ4v) is 3.22. The van der Waals surface area contributed by atoms with Crippen molar-refractivity contribution in [1.82, 2.24) is 4.72 Å². The van der Waals surface area contributed by atoms with E-state index in [0.29, 0.717) is 0 Å². The standard InChI is InChI=1S/C19H29NO7S/c1-6-25-18(22)19(4,5)13-27-28(23,24)20-15(3)14(2)17(21)26-12-16-10-8-7-9-11-16/h7-11,14-15,20H,6,12-13H2,1-5H3/t14-,15-/m0/s1. The van der Waals surface area contributed by atoms with Crippen molar-refractivity contribution in [1.29, 1.82) is 0 Å². The summed E-state index contributed by atoms with van der Waals surface area (Å²) in [5.74, 6) is -1.83. The molecule has 0 saturated carbocycles. The van der Waals surface area contributed by atoms with Crippen molar-refractivity contribution < 1.29 is 31.7 Å². The van der Waals surface area contributed by atoms with Crippen LogP contribution in [0.2, 0.25) is 0 Å². The van der Waals surface area contributed by atoms with E-state index in [2.05, 4.69) is 4.72 Å². The van der Waals surface area contributed by atoms with E-state index in [1.165, 1.54) is 20.8 Å². The van der Waals surface area contributed by atoms with Crippen LogP contribution >= 0.6 is 0 Å². The average Bonchev–Trinajstić information content (AvgIpc) is 2.64. The van der Waals surface area contributed by atoms with Crippen LogP contribution in [0.1, 0.15) is 40.2 Å². The van der Waals surface area contributed by atoms with Gasteiger partial charge in [-0.1, -0.05) is 37.3 Å². The van der Waals surface area contributed by atoms with Gasteiger partial charge in [0, 0.05) is 6.04 Å². The van der Waals surface area contributed by atoms with Crippen LogP contribution in [0.5, 0.6) is 0 Å². The molecular formula is C19H29NO7S. The summed E-state index contributed by atoms with van der Waals surface area (Å²) in [6.45, 7) is 7.70. The molecule has 158 valence electrons. The Morgan fingerprint density at radius 2 is 1.71 bits per heavy atom. The molecule has 0 fully saturated rings. The fourth-order valence-electron chi connectivity index (χ4n) is 2.04. The van der Waals surface area contributed by atoms with Crippen molar-refractivity contribution in [3.63, 3.8) is 0 Å². The van der Waals surface area contributed by atoms with Crippen LogP contribution in [-0.4, -0.2) is 39.6 Å². The van der Waals surface area contributed by atoms with Crippen LogP contribution in [0.4, 0.5) is 0 Å². The molecular weight excluding hydrogens is 386 g/mol. The lowest BCUT2D eigenvalue weighted by atomic mass is 9.95. The highest BCUT2D eigenvalue weighted by Crippen LogP contribution is 2.19. The van der Waals surface area contributed by atoms with Crippen LogP contribution in [-0.2, 0) is 40.2 Å². The molecule has 0 aliphatic rings. The van der Waals surface area contributed by atoms with E-state index in [9.17, 15) is 18.0 Å². The van der Waals surface area contributed by atoms with Gasteiger partial charge in [-0.25, -0.2) is 0 Å². The molecule has 0 unspecified atom stereocenters. The van der Waals surface area contributed by atoms with E-state index in [1.807, 2.05) is 30.3 Å². The number of nitrogens with one attached hydrogen (secondary N) is 1. The van der Waals surface area contributed by atoms with E-state index in [4.69, 9.17) is 13.7 Å². The molecule has 0 aliphatic carbocycles. The highest BCUT2D eigenvalue weighted by molar-refractivity contribution is 7.84. The lowest BCUT2D eigenvalue weighted by Crippen LogP contribution is -2.43. The summed E-state index contributed by atoms with van der Waals surface area (Å²) in [4.78, 5) is 24.0. The first-order valence-corrected chi connectivity index (χ1v) is 10.4. The number of carbonyl (C=O) groups excluding carboxylic acids is 2. The monoisotopic (exact) mass is 415 g/mol. The molecule has 0 spiro atoms. The minimum absolute atomic E-state index is 0.105. The van der Waals surface area contributed by atoms with Crippen LogP contribution < -0.4 is 4.72 Å². The van der Waals surface area contributed by atoms with Gasteiger partial charge in [-0.05, 0) is 33.3 Å². The summed E-state index contributed by atoms with van der Waals surface area (Å²) >= 11 is 0. The third-order valence-corrected chi connectivity index (χ3v) is 5.17. The molecule has 0 heterocycles. The van der Waals surface area contributed by atoms with Crippen molar-refractivity contribution in [2.75, 3.05) is 13.2 Å². The van der Waals surface area contributed by atoms with E-state index < -0.39 is 39.6 Å². The number of carbonyl (C=O) groups is 2. The van der Waals surface area contributed by atoms with Crippen molar-refractivity contribution in [2.45, 2.75) is 47.3 Å². The molecule has 1 aromatic carbocycles. The fraction of sp³-hybridized carbons (Fsp3) is 0.579. The first kappa shape index (κ1) is 24.1. The summed E-state index contributed by atoms with van der Waals surface area (Å²) in [6, 6.07) is 8.40. The zero-order valence-corrected chi connectivity index (χ0v) is 17.7. The maximum atomic E-state index is 12.2. The second-order valence-corrected chi connectivity index (χ2v) is 8.49. The van der Waals surface area contributed by atoms with Crippen LogP contribution in [0.3, 0.4) is 0 Å². The van der Waals surface area contributed by atoms with E-state index in [-0.39, 0.29) is 19.8 Å². The van der Waals surface area contributed by atoms with E-state index in [1.54, 1.807) is 13.8 Å². The van der Waals surface area contributed by atoms with Gasteiger partial charge >= 0.3 is 22.2 Å². The van der Waals surface area contributed by atoms with Gasteiger partial charge in [0.05, 0.1) is 24.5 Å².